The van der Waals surface area contributed by atoms with Crippen LogP contribution in [0.2, 0.25) is 29.7 Å². The molecule has 0 saturated carbocycles. The maximum absolute atomic E-state index is 7.49. The highest BCUT2D eigenvalue weighted by molar-refractivity contribution is 6.96. The molecule has 3 heteroatoms. The Morgan fingerprint density at radius 1 is 0.700 bits per heavy atom. The van der Waals surface area contributed by atoms with Gasteiger partial charge < -0.3 is 4.12 Å². The van der Waals surface area contributed by atoms with Crippen LogP contribution in [0, 0.1) is 0 Å². The molecule has 0 heterocycles. The van der Waals surface area contributed by atoms with Gasteiger partial charge in [0.2, 0.25) is 8.32 Å². The van der Waals surface area contributed by atoms with Crippen LogP contribution < -0.4 is 5.19 Å². The molecule has 0 spiro atoms. The second-order valence-corrected chi connectivity index (χ2v) is 19.5. The Balaban J connectivity index is 2.06. The fourth-order valence-electron chi connectivity index (χ4n) is 5.16. The number of hydrogen-bond acceptors (Lipinski definition) is 1. The molecule has 0 bridgehead atoms. The molecule has 0 N–H and O–H groups in total. The Labute approximate surface area is 184 Å². The van der Waals surface area contributed by atoms with Crippen molar-refractivity contribution in [3.05, 3.63) is 54.6 Å². The van der Waals surface area contributed by atoms with Crippen LogP contribution >= 0.6 is 0 Å². The summed E-state index contributed by atoms with van der Waals surface area (Å²) in [4.78, 5) is 0. The van der Waals surface area contributed by atoms with Crippen LogP contribution in [0.3, 0.4) is 0 Å². The van der Waals surface area contributed by atoms with Crippen molar-refractivity contribution in [2.75, 3.05) is 0 Å². The van der Waals surface area contributed by atoms with Gasteiger partial charge >= 0.3 is 0 Å². The van der Waals surface area contributed by atoms with Crippen LogP contribution in [0.4, 0.5) is 0 Å². The normalized spacial score (nSPS) is 15.3. The van der Waals surface area contributed by atoms with Crippen molar-refractivity contribution in [2.45, 2.75) is 71.3 Å². The first-order valence-electron chi connectivity index (χ1n) is 11.6. The molecule has 0 amide bonds. The average Bonchev–Trinajstić information content (AvgIpc) is 2.75. The first kappa shape index (κ1) is 21.5. The van der Waals surface area contributed by atoms with Gasteiger partial charge in [0.1, 0.15) is 0 Å². The van der Waals surface area contributed by atoms with Gasteiger partial charge in [0.15, 0.2) is 8.32 Å². The van der Waals surface area contributed by atoms with E-state index in [4.69, 9.17) is 4.12 Å². The highest BCUT2D eigenvalue weighted by Crippen LogP contribution is 2.43. The standard InChI is InChI=1S/C27H36OSi2/c1-8-30(9-2,10-3)28-29(7,27(4,5)6)24-19-17-22-15-14-20-12-11-13-21-16-18-23(24)26(22)25(20)21/h11-19H,8-10H2,1-7H3. The average molecular weight is 433 g/mol. The van der Waals surface area contributed by atoms with Gasteiger partial charge in [-0.2, -0.15) is 0 Å². The fraction of sp³-hybridized carbons (Fsp3) is 0.407. The molecule has 0 saturated heterocycles. The van der Waals surface area contributed by atoms with E-state index in [0.29, 0.717) is 0 Å². The Morgan fingerprint density at radius 2 is 1.20 bits per heavy atom. The lowest BCUT2D eigenvalue weighted by Crippen LogP contribution is -2.61. The number of benzene rings is 4. The quantitative estimate of drug-likeness (QED) is 0.220. The van der Waals surface area contributed by atoms with Crippen LogP contribution in [0.1, 0.15) is 41.5 Å². The van der Waals surface area contributed by atoms with Gasteiger partial charge in [-0.15, -0.1) is 0 Å². The summed E-state index contributed by atoms with van der Waals surface area (Å²) in [6, 6.07) is 24.2. The zero-order valence-corrected chi connectivity index (χ0v) is 21.7. The molecule has 0 radical (unpaired) electrons. The molecule has 0 aromatic heterocycles. The molecule has 0 aliphatic heterocycles. The largest absolute Gasteiger partial charge is 0.451 e. The summed E-state index contributed by atoms with van der Waals surface area (Å²) in [5.41, 5.74) is 0. The van der Waals surface area contributed by atoms with Crippen molar-refractivity contribution < 1.29 is 4.12 Å². The third-order valence-corrected chi connectivity index (χ3v) is 19.4. The lowest BCUT2D eigenvalue weighted by atomic mass is 9.94. The summed E-state index contributed by atoms with van der Waals surface area (Å²) in [7, 11) is -4.01. The highest BCUT2D eigenvalue weighted by Gasteiger charge is 2.49. The van der Waals surface area contributed by atoms with Gasteiger partial charge in [-0.25, -0.2) is 0 Å². The minimum absolute atomic E-state index is 0.119. The van der Waals surface area contributed by atoms with Crippen LogP contribution in [0.25, 0.3) is 32.3 Å². The van der Waals surface area contributed by atoms with E-state index >= 15 is 0 Å². The third kappa shape index (κ3) is 3.14. The topological polar surface area (TPSA) is 9.23 Å². The van der Waals surface area contributed by atoms with Gasteiger partial charge in [-0.05, 0) is 67.2 Å². The Kier molecular flexibility index (Phi) is 5.36. The second-order valence-electron chi connectivity index (χ2n) is 10.1. The van der Waals surface area contributed by atoms with Crippen LogP contribution in [-0.4, -0.2) is 16.6 Å². The van der Waals surface area contributed by atoms with Crippen molar-refractivity contribution in [3.8, 4) is 0 Å². The molecular formula is C27H36OSi2. The monoisotopic (exact) mass is 432 g/mol. The Bertz CT molecular complexity index is 1160. The minimum Gasteiger partial charge on any atom is -0.451 e. The van der Waals surface area contributed by atoms with E-state index in [9.17, 15) is 0 Å². The molecule has 1 unspecified atom stereocenters. The van der Waals surface area contributed by atoms with Crippen molar-refractivity contribution in [3.63, 3.8) is 0 Å². The molecule has 4 aromatic rings. The van der Waals surface area contributed by atoms with Crippen LogP contribution in [-0.2, 0) is 4.12 Å². The van der Waals surface area contributed by atoms with E-state index in [1.807, 2.05) is 0 Å². The van der Waals surface area contributed by atoms with E-state index in [2.05, 4.69) is 103 Å². The smallest absolute Gasteiger partial charge is 0.215 e. The van der Waals surface area contributed by atoms with Crippen molar-refractivity contribution in [2.24, 2.45) is 0 Å². The van der Waals surface area contributed by atoms with Gasteiger partial charge in [0.05, 0.1) is 0 Å². The SMILES string of the molecule is CC[Si](CC)(CC)O[Si](C)(c1ccc2ccc3cccc4ccc1c2c34)C(C)(C)C. The molecule has 0 fully saturated rings. The molecule has 4 rings (SSSR count). The third-order valence-electron chi connectivity index (χ3n) is 7.83. The van der Waals surface area contributed by atoms with E-state index in [1.165, 1.54) is 55.6 Å². The van der Waals surface area contributed by atoms with Crippen LogP contribution in [0.5, 0.6) is 0 Å². The summed E-state index contributed by atoms with van der Waals surface area (Å²) in [6.45, 7) is 16.7. The van der Waals surface area contributed by atoms with Crippen molar-refractivity contribution in [1.82, 2.24) is 0 Å². The van der Waals surface area contributed by atoms with E-state index < -0.39 is 16.6 Å². The fourth-order valence-corrected chi connectivity index (χ4v) is 15.5. The summed E-state index contributed by atoms with van der Waals surface area (Å²) < 4.78 is 7.49. The summed E-state index contributed by atoms with van der Waals surface area (Å²) in [5.74, 6) is 0. The minimum atomic E-state index is -2.26. The molecule has 158 valence electrons. The maximum atomic E-state index is 7.49. The molecule has 0 aliphatic rings. The molecule has 1 atom stereocenters. The molecule has 4 aromatic carbocycles. The zero-order valence-electron chi connectivity index (χ0n) is 19.7. The molecular weight excluding hydrogens is 396 g/mol. The lowest BCUT2D eigenvalue weighted by molar-refractivity contribution is 0.482. The summed E-state index contributed by atoms with van der Waals surface area (Å²) >= 11 is 0. The lowest BCUT2D eigenvalue weighted by Gasteiger charge is -2.47. The van der Waals surface area contributed by atoms with E-state index in [1.54, 1.807) is 0 Å². The number of rotatable bonds is 6. The van der Waals surface area contributed by atoms with Gasteiger partial charge in [-0.1, -0.05) is 96.1 Å². The van der Waals surface area contributed by atoms with E-state index in [-0.39, 0.29) is 5.04 Å². The highest BCUT2D eigenvalue weighted by atomic mass is 28.4. The molecule has 1 nitrogen and oxygen atoms in total. The predicted octanol–water partition coefficient (Wildman–Crippen LogP) is 8.19. The van der Waals surface area contributed by atoms with Crippen LogP contribution in [0.15, 0.2) is 54.6 Å². The van der Waals surface area contributed by atoms with Gasteiger partial charge in [0.25, 0.3) is 0 Å². The second kappa shape index (κ2) is 7.47. The summed E-state index contributed by atoms with van der Waals surface area (Å²) in [6.07, 6.45) is 0. The Hall–Kier alpha value is -1.69. The van der Waals surface area contributed by atoms with Crippen molar-refractivity contribution in [1.29, 1.82) is 0 Å². The molecule has 30 heavy (non-hydrogen) atoms. The maximum Gasteiger partial charge on any atom is 0.215 e. The predicted molar refractivity (Wildman–Crippen MR) is 139 cm³/mol. The first-order chi connectivity index (χ1) is 14.2. The molecule has 0 aliphatic carbocycles. The zero-order chi connectivity index (χ0) is 21.7. The van der Waals surface area contributed by atoms with E-state index in [0.717, 1.165) is 0 Å². The van der Waals surface area contributed by atoms with Crippen molar-refractivity contribution >= 4 is 54.1 Å². The number of hydrogen-bond donors (Lipinski definition) is 0. The first-order valence-corrected chi connectivity index (χ1v) is 16.5. The van der Waals surface area contributed by atoms with Gasteiger partial charge in [-0.3, -0.25) is 0 Å². The summed E-state index contributed by atoms with van der Waals surface area (Å²) in [5, 5.41) is 9.85. The Morgan fingerprint density at radius 3 is 1.73 bits per heavy atom. The van der Waals surface area contributed by atoms with Gasteiger partial charge in [0, 0.05) is 0 Å².